The molecule has 0 N–H and O–H groups in total. The van der Waals surface area contributed by atoms with Gasteiger partial charge in [-0.25, -0.2) is 0 Å². The van der Waals surface area contributed by atoms with E-state index in [1.54, 1.807) is 0 Å². The molecule has 1 fully saturated rings. The Morgan fingerprint density at radius 3 is 2.63 bits per heavy atom. The monoisotopic (exact) mass is 380 g/mol. The van der Waals surface area contributed by atoms with Crippen LogP contribution in [0.25, 0.3) is 0 Å². The summed E-state index contributed by atoms with van der Waals surface area (Å²) in [7, 11) is 1.97. The van der Waals surface area contributed by atoms with Crippen LogP contribution in [0.1, 0.15) is 41.3 Å². The minimum Gasteiger partial charge on any atom is -0.299 e. The van der Waals surface area contributed by atoms with Crippen molar-refractivity contribution in [2.75, 3.05) is 13.1 Å². The van der Waals surface area contributed by atoms with Gasteiger partial charge in [0.2, 0.25) is 0 Å². The molecule has 4 rings (SSSR count). The second-order valence-electron chi connectivity index (χ2n) is 7.39. The summed E-state index contributed by atoms with van der Waals surface area (Å²) in [5.41, 5.74) is 4.74. The van der Waals surface area contributed by atoms with E-state index < -0.39 is 0 Å². The Balaban J connectivity index is 1.38. The largest absolute Gasteiger partial charge is 0.299 e. The molecular weight excluding hydrogens is 356 g/mol. The zero-order chi connectivity index (χ0) is 18.6. The van der Waals surface area contributed by atoms with Crippen LogP contribution in [0, 0.1) is 0 Å². The molecule has 0 saturated carbocycles. The quantitative estimate of drug-likeness (QED) is 0.656. The molecule has 1 aromatic carbocycles. The molecule has 0 bridgehead atoms. The number of hydrogen-bond acceptors (Lipinski definition) is 3. The van der Waals surface area contributed by atoms with E-state index in [9.17, 15) is 0 Å². The van der Waals surface area contributed by atoms with Crippen molar-refractivity contribution in [2.45, 2.75) is 31.7 Å². The molecule has 3 heterocycles. The molecule has 1 saturated heterocycles. The van der Waals surface area contributed by atoms with Crippen LogP contribution in [0.4, 0.5) is 0 Å². The predicted molar refractivity (Wildman–Crippen MR) is 109 cm³/mol. The second kappa shape index (κ2) is 8.24. The summed E-state index contributed by atoms with van der Waals surface area (Å²) in [6, 6.07) is 14.4. The van der Waals surface area contributed by atoms with Gasteiger partial charge in [-0.2, -0.15) is 5.10 Å². The van der Waals surface area contributed by atoms with Crippen LogP contribution in [0.15, 0.2) is 54.9 Å². The molecule has 4 nitrogen and oxygen atoms in total. The lowest BCUT2D eigenvalue weighted by molar-refractivity contribution is 0.203. The molecule has 0 amide bonds. The van der Waals surface area contributed by atoms with Crippen molar-refractivity contribution in [3.8, 4) is 0 Å². The minimum atomic E-state index is 0.543. The maximum absolute atomic E-state index is 6.31. The smallest absolute Gasteiger partial charge is 0.0534 e. The van der Waals surface area contributed by atoms with Gasteiger partial charge in [0.1, 0.15) is 0 Å². The Hall–Kier alpha value is -2.17. The van der Waals surface area contributed by atoms with Gasteiger partial charge in [0.25, 0.3) is 0 Å². The van der Waals surface area contributed by atoms with Crippen molar-refractivity contribution in [2.24, 2.45) is 7.05 Å². The maximum Gasteiger partial charge on any atom is 0.0534 e. The van der Waals surface area contributed by atoms with Gasteiger partial charge in [0.15, 0.2) is 0 Å². The average molecular weight is 381 g/mol. The Bertz CT molecular complexity index is 897. The first-order chi connectivity index (χ1) is 13.2. The van der Waals surface area contributed by atoms with Gasteiger partial charge in [0.05, 0.1) is 6.20 Å². The lowest BCUT2D eigenvalue weighted by Crippen LogP contribution is -2.32. The number of piperidine rings is 1. The number of rotatable bonds is 5. The van der Waals surface area contributed by atoms with Crippen molar-refractivity contribution in [3.05, 3.63) is 82.4 Å². The molecule has 27 heavy (non-hydrogen) atoms. The molecule has 2 aromatic heterocycles. The summed E-state index contributed by atoms with van der Waals surface area (Å²) in [6.45, 7) is 3.20. The first-order valence-electron chi connectivity index (χ1n) is 9.56. The second-order valence-corrected chi connectivity index (χ2v) is 7.80. The van der Waals surface area contributed by atoms with Gasteiger partial charge in [-0.3, -0.25) is 14.6 Å². The Labute approximate surface area is 165 Å². The van der Waals surface area contributed by atoms with Crippen molar-refractivity contribution in [3.63, 3.8) is 0 Å². The van der Waals surface area contributed by atoms with Gasteiger partial charge < -0.3 is 0 Å². The number of hydrogen-bond donors (Lipinski definition) is 0. The Morgan fingerprint density at radius 1 is 1.07 bits per heavy atom. The highest BCUT2D eigenvalue weighted by molar-refractivity contribution is 6.31. The molecule has 0 unspecified atom stereocenters. The van der Waals surface area contributed by atoms with E-state index >= 15 is 0 Å². The fourth-order valence-electron chi connectivity index (χ4n) is 3.86. The van der Waals surface area contributed by atoms with Crippen molar-refractivity contribution >= 4 is 11.6 Å². The van der Waals surface area contributed by atoms with Gasteiger partial charge in [-0.05, 0) is 49.7 Å². The molecule has 140 valence electrons. The van der Waals surface area contributed by atoms with E-state index in [4.69, 9.17) is 16.6 Å². The van der Waals surface area contributed by atoms with Gasteiger partial charge in [0, 0.05) is 54.1 Å². The molecule has 5 heteroatoms. The molecule has 1 aliphatic rings. The van der Waals surface area contributed by atoms with Crippen molar-refractivity contribution < 1.29 is 0 Å². The number of pyridine rings is 1. The van der Waals surface area contributed by atoms with E-state index in [0.29, 0.717) is 5.92 Å². The summed E-state index contributed by atoms with van der Waals surface area (Å²) in [5, 5.41) is 5.08. The highest BCUT2D eigenvalue weighted by Gasteiger charge is 2.22. The lowest BCUT2D eigenvalue weighted by atomic mass is 9.92. The highest BCUT2D eigenvalue weighted by Crippen LogP contribution is 2.28. The standard InChI is InChI=1S/C22H25ClN4/c1-26-15-17(14-24-26)16-27-11-9-18(10-12-27)22-8-4-6-20(25-22)13-19-5-2-3-7-21(19)23/h2-8,14-15,18H,9-13,16H2,1H3. The van der Waals surface area contributed by atoms with Crippen molar-refractivity contribution in [1.29, 1.82) is 0 Å². The number of aromatic nitrogens is 3. The summed E-state index contributed by atoms with van der Waals surface area (Å²) in [4.78, 5) is 7.47. The molecule has 3 aromatic rings. The maximum atomic E-state index is 6.31. The lowest BCUT2D eigenvalue weighted by Gasteiger charge is -2.31. The van der Waals surface area contributed by atoms with Crippen LogP contribution in [0.5, 0.6) is 0 Å². The fraction of sp³-hybridized carbons (Fsp3) is 0.364. The first kappa shape index (κ1) is 18.2. The molecule has 1 aliphatic heterocycles. The van der Waals surface area contributed by atoms with E-state index in [1.807, 2.05) is 36.1 Å². The third-order valence-corrected chi connectivity index (χ3v) is 5.70. The highest BCUT2D eigenvalue weighted by atomic mass is 35.5. The number of aryl methyl sites for hydroxylation is 1. The fourth-order valence-corrected chi connectivity index (χ4v) is 4.06. The van der Waals surface area contributed by atoms with Crippen LogP contribution in [-0.2, 0) is 20.0 Å². The van der Waals surface area contributed by atoms with E-state index in [0.717, 1.165) is 55.2 Å². The van der Waals surface area contributed by atoms with Crippen molar-refractivity contribution in [1.82, 2.24) is 19.7 Å². The van der Waals surface area contributed by atoms with E-state index in [1.165, 1.54) is 11.3 Å². The van der Waals surface area contributed by atoms with Crippen LogP contribution < -0.4 is 0 Å². The molecule has 0 radical (unpaired) electrons. The minimum absolute atomic E-state index is 0.543. The van der Waals surface area contributed by atoms with Crippen LogP contribution in [0.2, 0.25) is 5.02 Å². The first-order valence-corrected chi connectivity index (χ1v) is 9.94. The van der Waals surface area contributed by atoms with Gasteiger partial charge in [-0.15, -0.1) is 0 Å². The molecule has 0 atom stereocenters. The van der Waals surface area contributed by atoms with Gasteiger partial charge >= 0.3 is 0 Å². The summed E-state index contributed by atoms with van der Waals surface area (Å²) in [6.07, 6.45) is 7.16. The summed E-state index contributed by atoms with van der Waals surface area (Å²) >= 11 is 6.31. The number of halogens is 1. The topological polar surface area (TPSA) is 34.0 Å². The number of likely N-dealkylation sites (tertiary alicyclic amines) is 1. The molecule has 0 aliphatic carbocycles. The predicted octanol–water partition coefficient (Wildman–Crippen LogP) is 4.44. The zero-order valence-electron chi connectivity index (χ0n) is 15.7. The average Bonchev–Trinajstić information content (AvgIpc) is 3.09. The summed E-state index contributed by atoms with van der Waals surface area (Å²) in [5.74, 6) is 0.543. The Morgan fingerprint density at radius 2 is 1.89 bits per heavy atom. The Kier molecular flexibility index (Phi) is 5.55. The third kappa shape index (κ3) is 4.57. The third-order valence-electron chi connectivity index (χ3n) is 5.33. The summed E-state index contributed by atoms with van der Waals surface area (Å²) < 4.78 is 1.87. The van der Waals surface area contributed by atoms with Gasteiger partial charge in [-0.1, -0.05) is 35.9 Å². The normalized spacial score (nSPS) is 15.9. The number of nitrogens with zero attached hydrogens (tertiary/aromatic N) is 4. The van der Waals surface area contributed by atoms with Crippen LogP contribution in [-0.4, -0.2) is 32.8 Å². The SMILES string of the molecule is Cn1cc(CN2CCC(c3cccc(Cc4ccccc4Cl)n3)CC2)cn1. The number of benzene rings is 1. The molecular formula is C22H25ClN4. The van der Waals surface area contributed by atoms with Crippen LogP contribution in [0.3, 0.4) is 0 Å². The zero-order valence-corrected chi connectivity index (χ0v) is 16.4. The van der Waals surface area contributed by atoms with Crippen LogP contribution >= 0.6 is 11.6 Å². The van der Waals surface area contributed by atoms with E-state index in [2.05, 4.69) is 40.5 Å². The molecule has 0 spiro atoms. The van der Waals surface area contributed by atoms with E-state index in [-0.39, 0.29) is 0 Å².